The van der Waals surface area contributed by atoms with E-state index in [1.165, 1.54) is 37.0 Å². The van der Waals surface area contributed by atoms with Gasteiger partial charge in [-0.25, -0.2) is 23.1 Å². The lowest BCUT2D eigenvalue weighted by atomic mass is 10.1. The summed E-state index contributed by atoms with van der Waals surface area (Å²) in [6.07, 6.45) is 0.484. The van der Waals surface area contributed by atoms with Gasteiger partial charge in [-0.2, -0.15) is 4.98 Å². The third-order valence-electron chi connectivity index (χ3n) is 5.00. The number of nitrogens with zero attached hydrogens (tertiary/aromatic N) is 3. The fourth-order valence-electron chi connectivity index (χ4n) is 3.43. The second-order valence-electron chi connectivity index (χ2n) is 7.03. The van der Waals surface area contributed by atoms with E-state index in [9.17, 15) is 18.4 Å². The van der Waals surface area contributed by atoms with Crippen molar-refractivity contribution in [2.75, 3.05) is 14.2 Å². The molecule has 1 N–H and O–H groups in total. The highest BCUT2D eigenvalue weighted by atomic mass is 35.5. The van der Waals surface area contributed by atoms with Crippen LogP contribution in [-0.2, 0) is 6.61 Å². The Morgan fingerprint density at radius 2 is 1.91 bits per heavy atom. The number of hydrogen-bond donors (Lipinski definition) is 1. The second kappa shape index (κ2) is 9.10. The number of H-pyrrole nitrogens is 1. The number of ether oxygens (including phenoxy) is 3. The minimum absolute atomic E-state index is 0.0285. The van der Waals surface area contributed by atoms with E-state index in [0.29, 0.717) is 12.1 Å². The van der Waals surface area contributed by atoms with Crippen molar-refractivity contribution in [1.29, 1.82) is 0 Å². The van der Waals surface area contributed by atoms with Gasteiger partial charge in [-0.05, 0) is 25.1 Å². The molecule has 0 saturated carbocycles. The molecule has 0 radical (unpaired) electrons. The summed E-state index contributed by atoms with van der Waals surface area (Å²) in [6, 6.07) is 4.80. The monoisotopic (exact) mass is 490 g/mol. The Morgan fingerprint density at radius 1 is 1.15 bits per heavy atom. The number of aromatic amines is 1. The molecule has 0 atom stereocenters. The molecule has 0 aliphatic rings. The number of imidazole rings is 1. The Bertz CT molecular complexity index is 1480. The van der Waals surface area contributed by atoms with Crippen LogP contribution >= 0.6 is 11.6 Å². The van der Waals surface area contributed by atoms with Crippen molar-refractivity contribution in [2.24, 2.45) is 0 Å². The molecule has 0 saturated heterocycles. The Kier molecular flexibility index (Phi) is 6.20. The van der Waals surface area contributed by atoms with Crippen LogP contribution in [0.5, 0.6) is 17.4 Å². The van der Waals surface area contributed by atoms with Gasteiger partial charge in [0.1, 0.15) is 29.4 Å². The van der Waals surface area contributed by atoms with Crippen molar-refractivity contribution < 1.29 is 27.8 Å². The average molecular weight is 491 g/mol. The van der Waals surface area contributed by atoms with E-state index in [2.05, 4.69) is 15.0 Å². The fourth-order valence-corrected chi connectivity index (χ4v) is 3.69. The first kappa shape index (κ1) is 23.2. The molecule has 0 unspecified atom stereocenters. The molecule has 12 heteroatoms. The molecule has 0 aliphatic carbocycles. The summed E-state index contributed by atoms with van der Waals surface area (Å²) in [4.78, 5) is 35.5. The molecule has 0 spiro atoms. The number of methoxy groups -OCH3 is 2. The van der Waals surface area contributed by atoms with Gasteiger partial charge in [-0.3, -0.25) is 9.78 Å². The Labute approximate surface area is 195 Å². The first-order chi connectivity index (χ1) is 16.3. The van der Waals surface area contributed by atoms with Crippen LogP contribution in [-0.4, -0.2) is 40.0 Å². The molecule has 176 valence electrons. The first-order valence-corrected chi connectivity index (χ1v) is 10.1. The van der Waals surface area contributed by atoms with Gasteiger partial charge < -0.3 is 14.2 Å². The summed E-state index contributed by atoms with van der Waals surface area (Å²) in [6.45, 7) is 1.16. The molecule has 2 aromatic carbocycles. The smallest absolute Gasteiger partial charge is 0.332 e. The van der Waals surface area contributed by atoms with Gasteiger partial charge in [0, 0.05) is 6.07 Å². The summed E-state index contributed by atoms with van der Waals surface area (Å²) < 4.78 is 45.2. The molecule has 4 aromatic rings. The van der Waals surface area contributed by atoms with E-state index in [1.807, 2.05) is 0 Å². The van der Waals surface area contributed by atoms with E-state index < -0.39 is 23.9 Å². The number of aryl methyl sites for hydroxylation is 1. The number of hydrogen-bond acceptors (Lipinski definition) is 7. The van der Waals surface area contributed by atoms with Crippen LogP contribution in [0.2, 0.25) is 5.02 Å². The number of fused-ring (bicyclic) bond motifs is 1. The van der Waals surface area contributed by atoms with E-state index in [-0.39, 0.29) is 50.4 Å². The molecule has 2 aromatic heterocycles. The molecule has 9 nitrogen and oxygen atoms in total. The molecular weight excluding hydrogens is 474 g/mol. The van der Waals surface area contributed by atoms with Gasteiger partial charge in [0.05, 0.1) is 36.1 Å². The Balaban J connectivity index is 1.84. The van der Waals surface area contributed by atoms with Crippen molar-refractivity contribution >= 4 is 29.1 Å². The number of nitrogens with one attached hydrogen (secondary N) is 1. The fraction of sp³-hybridized carbons (Fsp3) is 0.182. The van der Waals surface area contributed by atoms with Crippen molar-refractivity contribution in [1.82, 2.24) is 19.5 Å². The highest BCUT2D eigenvalue weighted by Gasteiger charge is 2.21. The zero-order chi connectivity index (χ0) is 24.6. The topological polar surface area (TPSA) is 108 Å². The summed E-state index contributed by atoms with van der Waals surface area (Å²) in [7, 11) is 2.70. The zero-order valence-electron chi connectivity index (χ0n) is 18.1. The predicted octanol–water partition coefficient (Wildman–Crippen LogP) is 3.76. The maximum atomic E-state index is 14.3. The SMILES string of the molecule is COc1ccc(F)c(F)c1COc1cc(-n2c(=O)[nH]c3c(OC)nc(C)nc32)c(Cl)cc1C=O. The van der Waals surface area contributed by atoms with Crippen LogP contribution in [0.3, 0.4) is 0 Å². The zero-order valence-corrected chi connectivity index (χ0v) is 18.9. The Hall–Kier alpha value is -3.99. The van der Waals surface area contributed by atoms with Gasteiger partial charge in [0.25, 0.3) is 0 Å². The summed E-state index contributed by atoms with van der Waals surface area (Å²) in [5.41, 5.74) is -0.210. The molecule has 0 aliphatic heterocycles. The molecule has 0 fully saturated rings. The molecule has 4 rings (SSSR count). The van der Waals surface area contributed by atoms with Crippen LogP contribution in [0.15, 0.2) is 29.1 Å². The maximum absolute atomic E-state index is 14.3. The number of rotatable bonds is 7. The lowest BCUT2D eigenvalue weighted by Crippen LogP contribution is -2.16. The van der Waals surface area contributed by atoms with E-state index in [1.54, 1.807) is 6.92 Å². The Morgan fingerprint density at radius 3 is 2.59 bits per heavy atom. The number of benzene rings is 2. The van der Waals surface area contributed by atoms with Crippen LogP contribution in [0.1, 0.15) is 21.7 Å². The largest absolute Gasteiger partial charge is 0.496 e. The van der Waals surface area contributed by atoms with Crippen LogP contribution in [0.25, 0.3) is 16.9 Å². The molecule has 0 amide bonds. The third-order valence-corrected chi connectivity index (χ3v) is 5.30. The number of aromatic nitrogens is 4. The lowest BCUT2D eigenvalue weighted by molar-refractivity contribution is 0.111. The van der Waals surface area contributed by atoms with Crippen molar-refractivity contribution in [2.45, 2.75) is 13.5 Å². The van der Waals surface area contributed by atoms with E-state index in [4.69, 9.17) is 25.8 Å². The van der Waals surface area contributed by atoms with Crippen molar-refractivity contribution in [3.05, 3.63) is 68.4 Å². The van der Waals surface area contributed by atoms with Gasteiger partial charge in [0.2, 0.25) is 5.88 Å². The summed E-state index contributed by atoms with van der Waals surface area (Å²) in [5.74, 6) is -1.70. The van der Waals surface area contributed by atoms with Crippen LogP contribution in [0.4, 0.5) is 8.78 Å². The van der Waals surface area contributed by atoms with Gasteiger partial charge in [0.15, 0.2) is 23.6 Å². The molecular formula is C22H17ClF2N4O5. The van der Waals surface area contributed by atoms with E-state index in [0.717, 1.165) is 6.07 Å². The first-order valence-electron chi connectivity index (χ1n) is 9.75. The summed E-state index contributed by atoms with van der Waals surface area (Å²) >= 11 is 6.38. The van der Waals surface area contributed by atoms with Crippen LogP contribution < -0.4 is 19.9 Å². The standard InChI is InChI=1S/C22H17ClF2N4O5/c1-10-26-20-19(21(27-10)33-3)28-22(31)29(20)15-7-17(11(8-30)6-13(15)23)34-9-12-16(32-2)5-4-14(24)18(12)25/h4-8H,9H2,1-3H3,(H,28,31). The average Bonchev–Trinajstić information content (AvgIpc) is 3.15. The quantitative estimate of drug-likeness (QED) is 0.393. The third kappa shape index (κ3) is 3.94. The normalized spacial score (nSPS) is 11.0. The molecule has 34 heavy (non-hydrogen) atoms. The van der Waals surface area contributed by atoms with Gasteiger partial charge in [-0.15, -0.1) is 0 Å². The minimum atomic E-state index is -1.15. The van der Waals surface area contributed by atoms with Crippen LogP contribution in [0, 0.1) is 18.6 Å². The summed E-state index contributed by atoms with van der Waals surface area (Å²) in [5, 5.41) is 0.0437. The number of carbonyl (C=O) groups excluding carboxylic acids is 1. The van der Waals surface area contributed by atoms with Crippen molar-refractivity contribution in [3.8, 4) is 23.1 Å². The van der Waals surface area contributed by atoms with E-state index >= 15 is 0 Å². The van der Waals surface area contributed by atoms with Gasteiger partial charge in [-0.1, -0.05) is 11.6 Å². The predicted molar refractivity (Wildman–Crippen MR) is 118 cm³/mol. The highest BCUT2D eigenvalue weighted by Crippen LogP contribution is 2.32. The molecule has 0 bridgehead atoms. The second-order valence-corrected chi connectivity index (χ2v) is 7.44. The lowest BCUT2D eigenvalue weighted by Gasteiger charge is -2.15. The minimum Gasteiger partial charge on any atom is -0.496 e. The highest BCUT2D eigenvalue weighted by molar-refractivity contribution is 6.32. The number of halogens is 3. The maximum Gasteiger partial charge on any atom is 0.332 e. The van der Waals surface area contributed by atoms with Crippen molar-refractivity contribution in [3.63, 3.8) is 0 Å². The number of aldehydes is 1. The van der Waals surface area contributed by atoms with Gasteiger partial charge >= 0.3 is 5.69 Å². The molecule has 2 heterocycles. The number of carbonyl (C=O) groups is 1.